The van der Waals surface area contributed by atoms with Crippen LogP contribution in [0.25, 0.3) is 0 Å². The van der Waals surface area contributed by atoms with Gasteiger partial charge in [-0.3, -0.25) is 4.79 Å². The van der Waals surface area contributed by atoms with E-state index in [1.807, 2.05) is 19.0 Å². The topological polar surface area (TPSA) is 67.6 Å². The van der Waals surface area contributed by atoms with E-state index < -0.39 is 0 Å². The molecule has 1 aromatic carbocycles. The maximum Gasteiger partial charge on any atom is 0.251 e. The van der Waals surface area contributed by atoms with Gasteiger partial charge in [-0.05, 0) is 32.3 Å². The van der Waals surface area contributed by atoms with Crippen LogP contribution in [0.2, 0.25) is 5.02 Å². The number of rotatable bonds is 7. The number of likely N-dealkylation sites (N-methyl/N-ethyl adjacent to an activating group) is 1. The van der Waals surface area contributed by atoms with Crippen LogP contribution in [0.4, 0.5) is 5.69 Å². The molecule has 6 heteroatoms. The molecule has 0 fully saturated rings. The fraction of sp³-hybridized carbons (Fsp3) is 0.462. The summed E-state index contributed by atoms with van der Waals surface area (Å²) in [4.78, 5) is 13.8. The quantitative estimate of drug-likeness (QED) is 0.584. The number of nitrogen functional groups attached to an aromatic ring is 1. The Morgan fingerprint density at radius 1 is 1.42 bits per heavy atom. The molecule has 0 aromatic heterocycles. The third-order valence-electron chi connectivity index (χ3n) is 2.47. The summed E-state index contributed by atoms with van der Waals surface area (Å²) in [7, 11) is 3.96. The minimum Gasteiger partial charge on any atom is -0.398 e. The molecule has 3 N–H and O–H groups in total. The van der Waals surface area contributed by atoms with Gasteiger partial charge in [-0.15, -0.1) is 0 Å². The van der Waals surface area contributed by atoms with Crippen molar-refractivity contribution in [2.24, 2.45) is 0 Å². The van der Waals surface area contributed by atoms with Crippen molar-refractivity contribution < 1.29 is 9.53 Å². The first-order valence-electron chi connectivity index (χ1n) is 6.06. The zero-order chi connectivity index (χ0) is 14.3. The molecule has 0 aliphatic rings. The second-order valence-electron chi connectivity index (χ2n) is 4.41. The van der Waals surface area contributed by atoms with Crippen LogP contribution in [0.5, 0.6) is 0 Å². The van der Waals surface area contributed by atoms with Gasteiger partial charge in [0.15, 0.2) is 0 Å². The first kappa shape index (κ1) is 15.8. The van der Waals surface area contributed by atoms with Crippen LogP contribution in [0.15, 0.2) is 18.2 Å². The second-order valence-corrected chi connectivity index (χ2v) is 4.82. The molecule has 19 heavy (non-hydrogen) atoms. The van der Waals surface area contributed by atoms with Crippen LogP contribution in [-0.2, 0) is 4.74 Å². The van der Waals surface area contributed by atoms with Crippen LogP contribution in [0, 0.1) is 0 Å². The highest BCUT2D eigenvalue weighted by atomic mass is 35.5. The average Bonchev–Trinajstić information content (AvgIpc) is 2.36. The van der Waals surface area contributed by atoms with E-state index in [4.69, 9.17) is 22.1 Å². The molecule has 5 nitrogen and oxygen atoms in total. The fourth-order valence-corrected chi connectivity index (χ4v) is 1.49. The number of nitrogens with one attached hydrogen (secondary N) is 1. The number of anilines is 1. The van der Waals surface area contributed by atoms with Gasteiger partial charge in [-0.25, -0.2) is 0 Å². The van der Waals surface area contributed by atoms with Crippen molar-refractivity contribution in [1.82, 2.24) is 10.2 Å². The van der Waals surface area contributed by atoms with E-state index in [-0.39, 0.29) is 5.91 Å². The van der Waals surface area contributed by atoms with Gasteiger partial charge in [0.2, 0.25) is 0 Å². The fourth-order valence-electron chi connectivity index (χ4n) is 1.37. The molecule has 0 aliphatic carbocycles. The lowest BCUT2D eigenvalue weighted by Gasteiger charge is -2.10. The summed E-state index contributed by atoms with van der Waals surface area (Å²) in [6, 6.07) is 4.81. The highest BCUT2D eigenvalue weighted by Crippen LogP contribution is 2.19. The second kappa shape index (κ2) is 7.99. The number of hydrogen-bond donors (Lipinski definition) is 2. The van der Waals surface area contributed by atoms with Crippen LogP contribution < -0.4 is 11.1 Å². The van der Waals surface area contributed by atoms with Gasteiger partial charge in [0.05, 0.1) is 23.9 Å². The Hall–Kier alpha value is -1.30. The monoisotopic (exact) mass is 285 g/mol. The maximum atomic E-state index is 11.8. The van der Waals surface area contributed by atoms with Gasteiger partial charge in [0.25, 0.3) is 5.91 Å². The Morgan fingerprint density at radius 2 is 2.16 bits per heavy atom. The van der Waals surface area contributed by atoms with E-state index in [9.17, 15) is 4.79 Å². The number of nitrogens with two attached hydrogens (primary N) is 1. The third kappa shape index (κ3) is 5.92. The zero-order valence-corrected chi connectivity index (χ0v) is 12.0. The van der Waals surface area contributed by atoms with E-state index in [0.717, 1.165) is 6.54 Å². The standard InChI is InChI=1S/C13H20ClN3O2/c1-17(2)6-8-19-7-5-16-13(18)10-3-4-11(14)12(15)9-10/h3-4,9H,5-8,15H2,1-2H3,(H,16,18). The highest BCUT2D eigenvalue weighted by Gasteiger charge is 2.06. The van der Waals surface area contributed by atoms with Crippen LogP contribution >= 0.6 is 11.6 Å². The number of nitrogens with zero attached hydrogens (tertiary/aromatic N) is 1. The molecule has 0 saturated carbocycles. The normalized spacial score (nSPS) is 10.7. The lowest BCUT2D eigenvalue weighted by atomic mass is 10.2. The molecule has 0 spiro atoms. The molecule has 106 valence electrons. The van der Waals surface area contributed by atoms with Crippen LogP contribution in [-0.4, -0.2) is 51.2 Å². The summed E-state index contributed by atoms with van der Waals surface area (Å²) < 4.78 is 5.37. The Morgan fingerprint density at radius 3 is 2.79 bits per heavy atom. The van der Waals surface area contributed by atoms with Gasteiger partial charge < -0.3 is 20.7 Å². The number of ether oxygens (including phenoxy) is 1. The predicted octanol–water partition coefficient (Wildman–Crippen LogP) is 1.23. The minimum absolute atomic E-state index is 0.181. The molecular weight excluding hydrogens is 266 g/mol. The van der Waals surface area contributed by atoms with Crippen molar-refractivity contribution in [3.8, 4) is 0 Å². The SMILES string of the molecule is CN(C)CCOCCNC(=O)c1ccc(Cl)c(N)c1. The number of carbonyl (C=O) groups is 1. The van der Waals surface area contributed by atoms with E-state index in [0.29, 0.717) is 36.0 Å². The summed E-state index contributed by atoms with van der Waals surface area (Å²) >= 11 is 5.79. The van der Waals surface area contributed by atoms with Gasteiger partial charge >= 0.3 is 0 Å². The molecule has 1 rings (SSSR count). The molecule has 0 aliphatic heterocycles. The summed E-state index contributed by atoms with van der Waals surface area (Å²) in [5.74, 6) is -0.181. The first-order chi connectivity index (χ1) is 9.00. The molecule has 0 radical (unpaired) electrons. The summed E-state index contributed by atoms with van der Waals surface area (Å²) in [6.45, 7) is 2.47. The van der Waals surface area contributed by atoms with Crippen molar-refractivity contribution in [1.29, 1.82) is 0 Å². The summed E-state index contributed by atoms with van der Waals surface area (Å²) in [6.07, 6.45) is 0. The molecule has 0 saturated heterocycles. The lowest BCUT2D eigenvalue weighted by molar-refractivity contribution is 0.0900. The minimum atomic E-state index is -0.181. The molecule has 1 aromatic rings. The predicted molar refractivity (Wildman–Crippen MR) is 77.6 cm³/mol. The van der Waals surface area contributed by atoms with Crippen LogP contribution in [0.3, 0.4) is 0 Å². The van der Waals surface area contributed by atoms with Crippen molar-refractivity contribution in [2.45, 2.75) is 0 Å². The zero-order valence-electron chi connectivity index (χ0n) is 11.3. The summed E-state index contributed by atoms with van der Waals surface area (Å²) in [5.41, 5.74) is 6.53. The van der Waals surface area contributed by atoms with Gasteiger partial charge in [-0.1, -0.05) is 11.6 Å². The number of hydrogen-bond acceptors (Lipinski definition) is 4. The largest absolute Gasteiger partial charge is 0.398 e. The molecular formula is C13H20ClN3O2. The Bertz CT molecular complexity index is 424. The van der Waals surface area contributed by atoms with Crippen molar-refractivity contribution >= 4 is 23.2 Å². The van der Waals surface area contributed by atoms with Crippen molar-refractivity contribution in [3.63, 3.8) is 0 Å². The molecule has 0 atom stereocenters. The van der Waals surface area contributed by atoms with E-state index in [2.05, 4.69) is 5.32 Å². The first-order valence-corrected chi connectivity index (χ1v) is 6.44. The maximum absolute atomic E-state index is 11.8. The number of benzene rings is 1. The van der Waals surface area contributed by atoms with E-state index >= 15 is 0 Å². The summed E-state index contributed by atoms with van der Waals surface area (Å²) in [5, 5.41) is 3.21. The Balaban J connectivity index is 2.26. The molecule has 1 amide bonds. The van der Waals surface area contributed by atoms with Crippen LogP contribution in [0.1, 0.15) is 10.4 Å². The lowest BCUT2D eigenvalue weighted by Crippen LogP contribution is -2.28. The van der Waals surface area contributed by atoms with Crippen molar-refractivity contribution in [3.05, 3.63) is 28.8 Å². The molecule has 0 bridgehead atoms. The number of carbonyl (C=O) groups excluding carboxylic acids is 1. The average molecular weight is 286 g/mol. The van der Waals surface area contributed by atoms with Gasteiger partial charge in [0, 0.05) is 18.7 Å². The third-order valence-corrected chi connectivity index (χ3v) is 2.82. The Kier molecular flexibility index (Phi) is 6.62. The smallest absolute Gasteiger partial charge is 0.251 e. The van der Waals surface area contributed by atoms with E-state index in [1.54, 1.807) is 18.2 Å². The van der Waals surface area contributed by atoms with Crippen molar-refractivity contribution in [2.75, 3.05) is 46.1 Å². The number of halogens is 1. The van der Waals surface area contributed by atoms with E-state index in [1.165, 1.54) is 0 Å². The van der Waals surface area contributed by atoms with Gasteiger partial charge in [0.1, 0.15) is 0 Å². The number of amides is 1. The molecule has 0 heterocycles. The molecule has 0 unspecified atom stereocenters. The highest BCUT2D eigenvalue weighted by molar-refractivity contribution is 6.33. The Labute approximate surface area is 118 Å². The van der Waals surface area contributed by atoms with Gasteiger partial charge in [-0.2, -0.15) is 0 Å².